The fourth-order valence-electron chi connectivity index (χ4n) is 4.67. The monoisotopic (exact) mass is 371 g/mol. The molecular weight excluding hydrogens is 346 g/mol. The topological polar surface area (TPSA) is 55.2 Å². The predicted octanol–water partition coefficient (Wildman–Crippen LogP) is 3.14. The van der Waals surface area contributed by atoms with Crippen LogP contribution in [0.3, 0.4) is 0 Å². The van der Waals surface area contributed by atoms with Crippen LogP contribution in [0.25, 0.3) is 0 Å². The normalized spacial score (nSPS) is 24.4. The summed E-state index contributed by atoms with van der Waals surface area (Å²) in [6.07, 6.45) is 3.48. The van der Waals surface area contributed by atoms with Crippen molar-refractivity contribution >= 4 is 17.2 Å². The summed E-state index contributed by atoms with van der Waals surface area (Å²) in [6.45, 7) is 5.59. The molecule has 4 rings (SSSR count). The molecule has 2 aromatic heterocycles. The van der Waals surface area contributed by atoms with E-state index in [9.17, 15) is 9.59 Å². The molecule has 0 saturated carbocycles. The van der Waals surface area contributed by atoms with Crippen LogP contribution in [0.1, 0.15) is 54.5 Å². The van der Waals surface area contributed by atoms with Crippen molar-refractivity contribution < 1.29 is 4.79 Å². The number of nitrogens with zero attached hydrogens (tertiary/aromatic N) is 3. The van der Waals surface area contributed by atoms with Gasteiger partial charge in [0.2, 0.25) is 5.91 Å². The van der Waals surface area contributed by atoms with E-state index < -0.39 is 0 Å². The Morgan fingerprint density at radius 2 is 2.19 bits per heavy atom. The van der Waals surface area contributed by atoms with Gasteiger partial charge in [0, 0.05) is 42.2 Å². The second kappa shape index (κ2) is 6.99. The summed E-state index contributed by atoms with van der Waals surface area (Å²) in [5.74, 6) is 0.784. The van der Waals surface area contributed by atoms with E-state index in [4.69, 9.17) is 0 Å². The highest BCUT2D eigenvalue weighted by molar-refractivity contribution is 7.09. The van der Waals surface area contributed by atoms with Crippen LogP contribution in [0.4, 0.5) is 0 Å². The number of fused-ring (bicyclic) bond motifs is 4. The van der Waals surface area contributed by atoms with E-state index in [1.54, 1.807) is 17.4 Å². The number of piperidine rings is 1. The molecule has 0 aromatic carbocycles. The van der Waals surface area contributed by atoms with Gasteiger partial charge in [-0.15, -0.1) is 11.3 Å². The lowest BCUT2D eigenvalue weighted by atomic mass is 9.77. The Labute approximate surface area is 157 Å². The van der Waals surface area contributed by atoms with Crippen molar-refractivity contribution in [3.8, 4) is 0 Å². The molecule has 0 unspecified atom stereocenters. The van der Waals surface area contributed by atoms with Crippen LogP contribution in [-0.2, 0) is 11.2 Å². The second-order valence-corrected chi connectivity index (χ2v) is 8.60. The average Bonchev–Trinajstić information content (AvgIpc) is 3.03. The number of aryl methyl sites for hydroxylation is 1. The van der Waals surface area contributed by atoms with Crippen LogP contribution in [-0.4, -0.2) is 33.4 Å². The zero-order valence-corrected chi connectivity index (χ0v) is 16.2. The molecule has 26 heavy (non-hydrogen) atoms. The third-order valence-electron chi connectivity index (χ3n) is 5.73. The van der Waals surface area contributed by atoms with Crippen LogP contribution in [0, 0.1) is 12.8 Å². The molecule has 0 N–H and O–H groups in total. The number of hydrogen-bond donors (Lipinski definition) is 0. The number of thiazole rings is 1. The van der Waals surface area contributed by atoms with Crippen LogP contribution in [0.5, 0.6) is 0 Å². The fraction of sp³-hybridized carbons (Fsp3) is 0.550. The van der Waals surface area contributed by atoms with Gasteiger partial charge in [-0.2, -0.15) is 0 Å². The zero-order valence-electron chi connectivity index (χ0n) is 15.4. The Bertz CT molecular complexity index is 872. The minimum absolute atomic E-state index is 0.105. The summed E-state index contributed by atoms with van der Waals surface area (Å²) < 4.78 is 2.02. The van der Waals surface area contributed by atoms with Gasteiger partial charge in [-0.1, -0.05) is 19.4 Å². The highest BCUT2D eigenvalue weighted by Crippen LogP contribution is 2.42. The van der Waals surface area contributed by atoms with Crippen LogP contribution < -0.4 is 5.56 Å². The highest BCUT2D eigenvalue weighted by Gasteiger charge is 2.41. The molecule has 5 nitrogen and oxygen atoms in total. The van der Waals surface area contributed by atoms with Crippen molar-refractivity contribution in [1.29, 1.82) is 0 Å². The van der Waals surface area contributed by atoms with E-state index in [1.807, 2.05) is 27.8 Å². The second-order valence-electron chi connectivity index (χ2n) is 7.54. The van der Waals surface area contributed by atoms with Crippen molar-refractivity contribution in [2.24, 2.45) is 5.92 Å². The standard InChI is InChI=1S/C20H25N3O2S/c1-3-5-17-14-8-15(18-6-4-7-19(24)23(17)18)11-22(10-14)20(25)9-16-12-26-13(2)21-16/h4,6-7,12,14-15,17H,3,5,8-11H2,1-2H3/t14-,15+,17-/m0/s1. The third-order valence-corrected chi connectivity index (χ3v) is 6.56. The molecule has 2 aliphatic rings. The van der Waals surface area contributed by atoms with Gasteiger partial charge in [-0.05, 0) is 31.7 Å². The quantitative estimate of drug-likeness (QED) is 0.830. The molecule has 1 saturated heterocycles. The predicted molar refractivity (Wildman–Crippen MR) is 103 cm³/mol. The number of pyridine rings is 1. The molecule has 1 amide bonds. The fourth-order valence-corrected chi connectivity index (χ4v) is 5.28. The van der Waals surface area contributed by atoms with Gasteiger partial charge < -0.3 is 9.47 Å². The first-order chi connectivity index (χ1) is 12.6. The number of hydrogen-bond acceptors (Lipinski definition) is 4. The van der Waals surface area contributed by atoms with E-state index in [0.29, 0.717) is 18.9 Å². The molecule has 6 heteroatoms. The van der Waals surface area contributed by atoms with Crippen LogP contribution in [0.15, 0.2) is 28.4 Å². The van der Waals surface area contributed by atoms with Gasteiger partial charge in [-0.3, -0.25) is 9.59 Å². The van der Waals surface area contributed by atoms with Crippen molar-refractivity contribution in [2.75, 3.05) is 13.1 Å². The lowest BCUT2D eigenvalue weighted by Gasteiger charge is -2.47. The molecule has 1 fully saturated rings. The number of rotatable bonds is 4. The number of amides is 1. The minimum atomic E-state index is 0.105. The summed E-state index contributed by atoms with van der Waals surface area (Å²) in [7, 11) is 0. The molecule has 0 aliphatic carbocycles. The van der Waals surface area contributed by atoms with Gasteiger partial charge in [-0.25, -0.2) is 4.98 Å². The Morgan fingerprint density at radius 3 is 2.92 bits per heavy atom. The lowest BCUT2D eigenvalue weighted by molar-refractivity contribution is -0.133. The van der Waals surface area contributed by atoms with Gasteiger partial charge in [0.1, 0.15) is 0 Å². The summed E-state index contributed by atoms with van der Waals surface area (Å²) in [5.41, 5.74) is 2.08. The molecule has 2 aromatic rings. The Hall–Kier alpha value is -1.95. The van der Waals surface area contributed by atoms with Crippen molar-refractivity contribution in [2.45, 2.75) is 51.5 Å². The first kappa shape index (κ1) is 17.5. The molecule has 2 aliphatic heterocycles. The summed E-state index contributed by atoms with van der Waals surface area (Å²) in [4.78, 5) is 31.8. The van der Waals surface area contributed by atoms with Gasteiger partial charge in [0.15, 0.2) is 0 Å². The van der Waals surface area contributed by atoms with E-state index in [0.717, 1.165) is 42.2 Å². The van der Waals surface area contributed by atoms with E-state index in [-0.39, 0.29) is 23.4 Å². The van der Waals surface area contributed by atoms with Crippen molar-refractivity contribution in [3.63, 3.8) is 0 Å². The van der Waals surface area contributed by atoms with Gasteiger partial charge in [0.25, 0.3) is 5.56 Å². The van der Waals surface area contributed by atoms with E-state index in [1.165, 1.54) is 0 Å². The minimum Gasteiger partial charge on any atom is -0.341 e. The first-order valence-electron chi connectivity index (χ1n) is 9.47. The van der Waals surface area contributed by atoms with Crippen molar-refractivity contribution in [1.82, 2.24) is 14.5 Å². The third kappa shape index (κ3) is 3.11. The van der Waals surface area contributed by atoms with E-state index >= 15 is 0 Å². The largest absolute Gasteiger partial charge is 0.341 e. The van der Waals surface area contributed by atoms with Gasteiger partial charge >= 0.3 is 0 Å². The molecule has 3 atom stereocenters. The maximum Gasteiger partial charge on any atom is 0.250 e. The molecule has 138 valence electrons. The Morgan fingerprint density at radius 1 is 1.35 bits per heavy atom. The summed E-state index contributed by atoms with van der Waals surface area (Å²) >= 11 is 1.59. The van der Waals surface area contributed by atoms with Crippen LogP contribution >= 0.6 is 11.3 Å². The maximum atomic E-state index is 12.9. The first-order valence-corrected chi connectivity index (χ1v) is 10.3. The summed E-state index contributed by atoms with van der Waals surface area (Å²) in [5, 5.41) is 2.98. The molecule has 0 spiro atoms. The Balaban J connectivity index is 1.60. The number of aromatic nitrogens is 2. The van der Waals surface area contributed by atoms with Gasteiger partial charge in [0.05, 0.1) is 17.1 Å². The van der Waals surface area contributed by atoms with E-state index in [2.05, 4.69) is 18.0 Å². The Kier molecular flexibility index (Phi) is 4.69. The smallest absolute Gasteiger partial charge is 0.250 e. The number of carbonyl (C=O) groups is 1. The zero-order chi connectivity index (χ0) is 18.3. The average molecular weight is 372 g/mol. The van der Waals surface area contributed by atoms with Crippen LogP contribution in [0.2, 0.25) is 0 Å². The number of carbonyl (C=O) groups excluding carboxylic acids is 1. The number of likely N-dealkylation sites (tertiary alicyclic amines) is 1. The lowest BCUT2D eigenvalue weighted by Crippen LogP contribution is -2.51. The maximum absolute atomic E-state index is 12.9. The molecule has 0 radical (unpaired) electrons. The molecule has 2 bridgehead atoms. The van der Waals surface area contributed by atoms with Crippen molar-refractivity contribution in [3.05, 3.63) is 50.3 Å². The highest BCUT2D eigenvalue weighted by atomic mass is 32.1. The molecule has 4 heterocycles. The summed E-state index contributed by atoms with van der Waals surface area (Å²) in [6, 6.07) is 5.80. The SMILES string of the molecule is CCC[C@H]1[C@H]2C[C@H](CN(C(=O)Cc3csc(C)n3)C2)c2cccc(=O)n21. The molecular formula is C20H25N3O2S.